The Kier molecular flexibility index (Phi) is 4.70. The molecule has 2 aromatic heterocycles. The molecule has 0 atom stereocenters. The second-order valence-corrected chi connectivity index (χ2v) is 5.79. The highest BCUT2D eigenvalue weighted by atomic mass is 32.1. The molecule has 21 heavy (non-hydrogen) atoms. The van der Waals surface area contributed by atoms with Crippen LogP contribution < -0.4 is 4.90 Å². The highest BCUT2D eigenvalue weighted by molar-refractivity contribution is 7.12. The van der Waals surface area contributed by atoms with Crippen molar-refractivity contribution < 1.29 is 9.90 Å². The Balaban J connectivity index is 2.14. The fourth-order valence-electron chi connectivity index (χ4n) is 1.74. The lowest BCUT2D eigenvalue weighted by molar-refractivity contribution is 0.0690. The molecule has 0 fully saturated rings. The van der Waals surface area contributed by atoms with Gasteiger partial charge in [0.05, 0.1) is 0 Å². The van der Waals surface area contributed by atoms with Gasteiger partial charge in [0.1, 0.15) is 10.8 Å². The number of anilines is 1. The lowest BCUT2D eigenvalue weighted by atomic mass is 10.2. The number of carboxylic acid groups (broad SMARTS) is 1. The summed E-state index contributed by atoms with van der Waals surface area (Å²) in [5.74, 6) is -0.0649. The monoisotopic (exact) mass is 303 g/mol. The largest absolute Gasteiger partial charge is 0.476 e. The molecule has 5 nitrogen and oxygen atoms in total. The van der Waals surface area contributed by atoms with Crippen LogP contribution >= 0.6 is 11.3 Å². The fourth-order valence-corrected chi connectivity index (χ4v) is 2.55. The van der Waals surface area contributed by atoms with Crippen molar-refractivity contribution >= 4 is 35.3 Å². The van der Waals surface area contributed by atoms with Crippen molar-refractivity contribution in [2.75, 3.05) is 18.5 Å². The number of hydrogen-bond donors (Lipinski definition) is 1. The number of aromatic carboxylic acids is 1. The Morgan fingerprint density at radius 1 is 1.43 bits per heavy atom. The summed E-state index contributed by atoms with van der Waals surface area (Å²) in [6, 6.07) is 3.93. The zero-order chi connectivity index (χ0) is 15.4. The van der Waals surface area contributed by atoms with Crippen LogP contribution in [-0.4, -0.2) is 34.6 Å². The average Bonchev–Trinajstić information content (AvgIpc) is 2.86. The molecule has 0 saturated carbocycles. The summed E-state index contributed by atoms with van der Waals surface area (Å²) >= 11 is 1.37. The van der Waals surface area contributed by atoms with E-state index >= 15 is 0 Å². The third kappa shape index (κ3) is 3.66. The lowest BCUT2D eigenvalue weighted by Gasteiger charge is -2.14. The number of aryl methyl sites for hydroxylation is 1. The maximum absolute atomic E-state index is 10.9. The van der Waals surface area contributed by atoms with E-state index in [4.69, 9.17) is 5.11 Å². The Morgan fingerprint density at radius 2 is 2.19 bits per heavy atom. The van der Waals surface area contributed by atoms with Crippen molar-refractivity contribution in [2.24, 2.45) is 0 Å². The first-order valence-electron chi connectivity index (χ1n) is 6.57. The first-order valence-corrected chi connectivity index (χ1v) is 7.39. The molecular weight excluding hydrogens is 286 g/mol. The van der Waals surface area contributed by atoms with Gasteiger partial charge >= 0.3 is 5.97 Å². The summed E-state index contributed by atoms with van der Waals surface area (Å²) in [6.45, 7) is 4.73. The van der Waals surface area contributed by atoms with E-state index in [-0.39, 0.29) is 5.69 Å². The van der Waals surface area contributed by atoms with E-state index in [1.165, 1.54) is 11.3 Å². The number of rotatable bonds is 5. The Labute approximate surface area is 127 Å². The average molecular weight is 303 g/mol. The standard InChI is InChI=1S/C15H17N3O2S/c1-4-18(3)12-7-5-11(9-16-12)6-8-13-17-14(15(19)20)10(2)21-13/h5-9H,4H2,1-3H3,(H,19,20)/b8-6+. The highest BCUT2D eigenvalue weighted by Gasteiger charge is 2.12. The van der Waals surface area contributed by atoms with Gasteiger partial charge < -0.3 is 10.0 Å². The Bertz CT molecular complexity index is 662. The molecule has 2 aromatic rings. The SMILES string of the molecule is CCN(C)c1ccc(/C=C/c2nc(C(=O)O)c(C)s2)cn1. The molecule has 0 aliphatic carbocycles. The summed E-state index contributed by atoms with van der Waals surface area (Å²) in [5, 5.41) is 9.66. The van der Waals surface area contributed by atoms with Crippen LogP contribution in [0.3, 0.4) is 0 Å². The van der Waals surface area contributed by atoms with Gasteiger partial charge in [-0.25, -0.2) is 14.8 Å². The van der Waals surface area contributed by atoms with Crippen LogP contribution in [0.2, 0.25) is 0 Å². The second-order valence-electron chi connectivity index (χ2n) is 4.56. The Morgan fingerprint density at radius 3 is 2.71 bits per heavy atom. The number of thiazole rings is 1. The number of nitrogens with zero attached hydrogens (tertiary/aromatic N) is 3. The van der Waals surface area contributed by atoms with Crippen LogP contribution in [0, 0.1) is 6.92 Å². The molecule has 0 spiro atoms. The van der Waals surface area contributed by atoms with Crippen molar-refractivity contribution in [3.63, 3.8) is 0 Å². The molecule has 0 aliphatic heterocycles. The first kappa shape index (κ1) is 15.2. The third-order valence-electron chi connectivity index (χ3n) is 3.07. The van der Waals surface area contributed by atoms with Crippen molar-refractivity contribution in [1.29, 1.82) is 0 Å². The van der Waals surface area contributed by atoms with Gasteiger partial charge in [0, 0.05) is 24.7 Å². The number of carbonyl (C=O) groups is 1. The van der Waals surface area contributed by atoms with Gasteiger partial charge in [0.2, 0.25) is 0 Å². The van der Waals surface area contributed by atoms with Crippen LogP contribution in [0.5, 0.6) is 0 Å². The van der Waals surface area contributed by atoms with Gasteiger partial charge in [-0.1, -0.05) is 6.08 Å². The van der Waals surface area contributed by atoms with E-state index in [1.807, 2.05) is 31.3 Å². The summed E-state index contributed by atoms with van der Waals surface area (Å²) in [7, 11) is 1.99. The third-order valence-corrected chi connectivity index (χ3v) is 4.01. The maximum Gasteiger partial charge on any atom is 0.355 e. The molecule has 0 aromatic carbocycles. The van der Waals surface area contributed by atoms with E-state index in [2.05, 4.69) is 21.8 Å². The van der Waals surface area contributed by atoms with E-state index < -0.39 is 5.97 Å². The van der Waals surface area contributed by atoms with Crippen molar-refractivity contribution in [2.45, 2.75) is 13.8 Å². The number of carboxylic acids is 1. The lowest BCUT2D eigenvalue weighted by Crippen LogP contribution is -2.16. The predicted molar refractivity (Wildman–Crippen MR) is 85.9 cm³/mol. The summed E-state index contributed by atoms with van der Waals surface area (Å²) in [4.78, 5) is 22.2. The predicted octanol–water partition coefficient (Wildman–Crippen LogP) is 3.17. The minimum absolute atomic E-state index is 0.123. The summed E-state index contributed by atoms with van der Waals surface area (Å²) in [6.07, 6.45) is 5.48. The van der Waals surface area contributed by atoms with Gasteiger partial charge in [-0.05, 0) is 37.6 Å². The van der Waals surface area contributed by atoms with Gasteiger partial charge in [-0.3, -0.25) is 0 Å². The molecule has 1 N–H and O–H groups in total. The van der Waals surface area contributed by atoms with Crippen LogP contribution in [0.4, 0.5) is 5.82 Å². The molecule has 6 heteroatoms. The van der Waals surface area contributed by atoms with Crippen molar-refractivity contribution in [3.05, 3.63) is 39.5 Å². The first-order chi connectivity index (χ1) is 10.0. The fraction of sp³-hybridized carbons (Fsp3) is 0.267. The number of aromatic nitrogens is 2. The molecular formula is C15H17N3O2S. The molecule has 0 saturated heterocycles. The zero-order valence-electron chi connectivity index (χ0n) is 12.2. The maximum atomic E-state index is 10.9. The van der Waals surface area contributed by atoms with Crippen LogP contribution in [-0.2, 0) is 0 Å². The number of pyridine rings is 1. The topological polar surface area (TPSA) is 66.3 Å². The zero-order valence-corrected chi connectivity index (χ0v) is 13.0. The van der Waals surface area contributed by atoms with Crippen molar-refractivity contribution in [3.8, 4) is 0 Å². The number of hydrogen-bond acceptors (Lipinski definition) is 5. The highest BCUT2D eigenvalue weighted by Crippen LogP contribution is 2.20. The van der Waals surface area contributed by atoms with E-state index in [1.54, 1.807) is 13.1 Å². The molecule has 0 radical (unpaired) electrons. The molecule has 0 amide bonds. The Hall–Kier alpha value is -2.21. The van der Waals surface area contributed by atoms with E-state index in [9.17, 15) is 4.79 Å². The molecule has 2 rings (SSSR count). The van der Waals surface area contributed by atoms with Gasteiger partial charge in [0.25, 0.3) is 0 Å². The van der Waals surface area contributed by atoms with Crippen LogP contribution in [0.1, 0.15) is 32.9 Å². The van der Waals surface area contributed by atoms with Gasteiger partial charge in [0.15, 0.2) is 5.69 Å². The second kappa shape index (κ2) is 6.49. The van der Waals surface area contributed by atoms with E-state index in [0.717, 1.165) is 17.9 Å². The molecule has 0 aliphatic rings. The van der Waals surface area contributed by atoms with Gasteiger partial charge in [-0.15, -0.1) is 11.3 Å². The van der Waals surface area contributed by atoms with Crippen LogP contribution in [0.15, 0.2) is 18.3 Å². The summed E-state index contributed by atoms with van der Waals surface area (Å²) < 4.78 is 0. The van der Waals surface area contributed by atoms with E-state index in [0.29, 0.717) is 9.88 Å². The molecule has 2 heterocycles. The molecule has 0 bridgehead atoms. The minimum atomic E-state index is -0.989. The molecule has 0 unspecified atom stereocenters. The van der Waals surface area contributed by atoms with Crippen molar-refractivity contribution in [1.82, 2.24) is 9.97 Å². The normalized spacial score (nSPS) is 11.0. The van der Waals surface area contributed by atoms with Crippen LogP contribution in [0.25, 0.3) is 12.2 Å². The quantitative estimate of drug-likeness (QED) is 0.919. The summed E-state index contributed by atoms with van der Waals surface area (Å²) in [5.41, 5.74) is 1.07. The minimum Gasteiger partial charge on any atom is -0.476 e. The molecule has 110 valence electrons. The van der Waals surface area contributed by atoms with Gasteiger partial charge in [-0.2, -0.15) is 0 Å². The smallest absolute Gasteiger partial charge is 0.355 e.